The van der Waals surface area contributed by atoms with Crippen molar-refractivity contribution in [3.8, 4) is 0 Å². The zero-order chi connectivity index (χ0) is 8.43. The van der Waals surface area contributed by atoms with Gasteiger partial charge in [0, 0.05) is 20.3 Å². The van der Waals surface area contributed by atoms with Gasteiger partial charge in [-0.05, 0) is 12.2 Å². The van der Waals surface area contributed by atoms with E-state index in [2.05, 4.69) is 10.3 Å². The third-order valence-electron chi connectivity index (χ3n) is 1.38. The van der Waals surface area contributed by atoms with Crippen molar-refractivity contribution in [2.45, 2.75) is 0 Å². The van der Waals surface area contributed by atoms with Crippen LogP contribution in [0.2, 0.25) is 0 Å². The van der Waals surface area contributed by atoms with E-state index in [-0.39, 0.29) is 5.56 Å². The summed E-state index contributed by atoms with van der Waals surface area (Å²) in [5.74, 6) is 0. The standard InChI is InChI=1S/C6H9N3OS/c1-7-4-3-9(2)6(11)8-5(4)10/h3,7H,1-2H3,(H,8,10,11). The van der Waals surface area contributed by atoms with Crippen LogP contribution in [0.4, 0.5) is 5.69 Å². The molecule has 0 aliphatic heterocycles. The molecule has 0 bridgehead atoms. The highest BCUT2D eigenvalue weighted by Crippen LogP contribution is 1.93. The number of aryl methyl sites for hydroxylation is 1. The zero-order valence-electron chi connectivity index (χ0n) is 6.34. The highest BCUT2D eigenvalue weighted by Gasteiger charge is 1.95. The largest absolute Gasteiger partial charge is 0.382 e. The zero-order valence-corrected chi connectivity index (χ0v) is 7.16. The van der Waals surface area contributed by atoms with Gasteiger partial charge in [0.05, 0.1) is 0 Å². The first-order chi connectivity index (χ1) is 5.15. The van der Waals surface area contributed by atoms with Gasteiger partial charge in [0.15, 0.2) is 4.77 Å². The van der Waals surface area contributed by atoms with Gasteiger partial charge in [-0.2, -0.15) is 0 Å². The van der Waals surface area contributed by atoms with Gasteiger partial charge in [-0.15, -0.1) is 0 Å². The molecule has 4 nitrogen and oxygen atoms in total. The van der Waals surface area contributed by atoms with E-state index < -0.39 is 0 Å². The maximum atomic E-state index is 11.0. The molecule has 60 valence electrons. The lowest BCUT2D eigenvalue weighted by Gasteiger charge is -2.01. The molecule has 0 unspecified atom stereocenters. The summed E-state index contributed by atoms with van der Waals surface area (Å²) in [5, 5.41) is 2.75. The number of nitrogens with zero attached hydrogens (tertiary/aromatic N) is 1. The van der Waals surface area contributed by atoms with Crippen molar-refractivity contribution in [3.05, 3.63) is 21.3 Å². The molecule has 0 fully saturated rings. The Balaban J connectivity index is 3.45. The van der Waals surface area contributed by atoms with Crippen LogP contribution in [0.3, 0.4) is 0 Å². The predicted molar refractivity (Wildman–Crippen MR) is 46.4 cm³/mol. The van der Waals surface area contributed by atoms with Crippen LogP contribution < -0.4 is 10.9 Å². The van der Waals surface area contributed by atoms with Gasteiger partial charge in [0.2, 0.25) is 0 Å². The Kier molecular flexibility index (Phi) is 2.09. The molecular formula is C6H9N3OS. The van der Waals surface area contributed by atoms with Crippen LogP contribution in [0, 0.1) is 4.77 Å². The summed E-state index contributed by atoms with van der Waals surface area (Å²) >= 11 is 4.83. The molecule has 2 N–H and O–H groups in total. The molecule has 11 heavy (non-hydrogen) atoms. The summed E-state index contributed by atoms with van der Waals surface area (Å²) in [7, 11) is 3.47. The quantitative estimate of drug-likeness (QED) is 0.604. The third-order valence-corrected chi connectivity index (χ3v) is 1.77. The monoisotopic (exact) mass is 171 g/mol. The molecule has 0 aromatic carbocycles. The number of aromatic nitrogens is 2. The van der Waals surface area contributed by atoms with Crippen molar-refractivity contribution in [3.63, 3.8) is 0 Å². The number of aromatic amines is 1. The van der Waals surface area contributed by atoms with Crippen molar-refractivity contribution in [2.24, 2.45) is 7.05 Å². The maximum Gasteiger partial charge on any atom is 0.275 e. The van der Waals surface area contributed by atoms with E-state index in [4.69, 9.17) is 12.2 Å². The third kappa shape index (κ3) is 1.48. The average molecular weight is 171 g/mol. The smallest absolute Gasteiger partial charge is 0.275 e. The first-order valence-electron chi connectivity index (χ1n) is 3.13. The molecule has 1 heterocycles. The van der Waals surface area contributed by atoms with E-state index in [9.17, 15) is 4.79 Å². The normalized spacial score (nSPS) is 9.64. The molecule has 0 saturated heterocycles. The van der Waals surface area contributed by atoms with Crippen molar-refractivity contribution in [1.29, 1.82) is 0 Å². The number of rotatable bonds is 1. The van der Waals surface area contributed by atoms with Gasteiger partial charge in [-0.3, -0.25) is 9.78 Å². The van der Waals surface area contributed by atoms with Crippen molar-refractivity contribution < 1.29 is 0 Å². The van der Waals surface area contributed by atoms with Crippen LogP contribution in [0.15, 0.2) is 11.0 Å². The van der Waals surface area contributed by atoms with Gasteiger partial charge >= 0.3 is 0 Å². The second kappa shape index (κ2) is 2.87. The highest BCUT2D eigenvalue weighted by atomic mass is 32.1. The van der Waals surface area contributed by atoms with Gasteiger partial charge in [0.25, 0.3) is 5.56 Å². The van der Waals surface area contributed by atoms with Crippen LogP contribution in [0.5, 0.6) is 0 Å². The van der Waals surface area contributed by atoms with Gasteiger partial charge in [0.1, 0.15) is 5.69 Å². The molecule has 0 atom stereocenters. The summed E-state index contributed by atoms with van der Waals surface area (Å²) in [6.45, 7) is 0. The molecule has 1 aromatic rings. The minimum Gasteiger partial charge on any atom is -0.382 e. The van der Waals surface area contributed by atoms with Crippen LogP contribution >= 0.6 is 12.2 Å². The molecule has 0 saturated carbocycles. The van der Waals surface area contributed by atoms with E-state index >= 15 is 0 Å². The lowest BCUT2D eigenvalue weighted by Crippen LogP contribution is -2.15. The average Bonchev–Trinajstić information content (AvgIpc) is 1.97. The fourth-order valence-corrected chi connectivity index (χ4v) is 0.887. The number of hydrogen-bond acceptors (Lipinski definition) is 3. The molecule has 1 aromatic heterocycles. The van der Waals surface area contributed by atoms with E-state index in [1.165, 1.54) is 0 Å². The van der Waals surface area contributed by atoms with Gasteiger partial charge in [-0.25, -0.2) is 0 Å². The van der Waals surface area contributed by atoms with E-state index in [0.29, 0.717) is 10.5 Å². The number of anilines is 1. The van der Waals surface area contributed by atoms with Crippen molar-refractivity contribution in [2.75, 3.05) is 12.4 Å². The Morgan fingerprint density at radius 3 is 2.91 bits per heavy atom. The minimum atomic E-state index is -0.185. The molecule has 0 radical (unpaired) electrons. The lowest BCUT2D eigenvalue weighted by atomic mass is 10.5. The first-order valence-corrected chi connectivity index (χ1v) is 3.53. The highest BCUT2D eigenvalue weighted by molar-refractivity contribution is 7.71. The van der Waals surface area contributed by atoms with Crippen LogP contribution in [0.1, 0.15) is 0 Å². The summed E-state index contributed by atoms with van der Waals surface area (Å²) in [4.78, 5) is 13.5. The lowest BCUT2D eigenvalue weighted by molar-refractivity contribution is 0.835. The van der Waals surface area contributed by atoms with E-state index in [1.807, 2.05) is 0 Å². The summed E-state index contributed by atoms with van der Waals surface area (Å²) < 4.78 is 2.09. The van der Waals surface area contributed by atoms with Crippen LogP contribution in [0.25, 0.3) is 0 Å². The van der Waals surface area contributed by atoms with E-state index in [1.54, 1.807) is 24.9 Å². The second-order valence-electron chi connectivity index (χ2n) is 2.16. The van der Waals surface area contributed by atoms with Gasteiger partial charge in [-0.1, -0.05) is 0 Å². The van der Waals surface area contributed by atoms with E-state index in [0.717, 1.165) is 0 Å². The molecule has 0 amide bonds. The SMILES string of the molecule is CNc1cn(C)c(=S)[nH]c1=O. The Morgan fingerprint density at radius 1 is 1.73 bits per heavy atom. The number of hydrogen-bond donors (Lipinski definition) is 2. The molecule has 5 heteroatoms. The van der Waals surface area contributed by atoms with Crippen LogP contribution in [-0.4, -0.2) is 16.6 Å². The molecule has 0 spiro atoms. The maximum absolute atomic E-state index is 11.0. The fourth-order valence-electron chi connectivity index (χ4n) is 0.742. The molecule has 0 aliphatic carbocycles. The summed E-state index contributed by atoms with van der Waals surface area (Å²) in [6.07, 6.45) is 1.65. The van der Waals surface area contributed by atoms with Crippen molar-refractivity contribution in [1.82, 2.24) is 9.55 Å². The predicted octanol–water partition coefficient (Wildman–Crippen LogP) is 0.485. The van der Waals surface area contributed by atoms with Crippen LogP contribution in [-0.2, 0) is 7.05 Å². The summed E-state index contributed by atoms with van der Waals surface area (Å²) in [6, 6.07) is 0. The Labute approximate surface area is 68.9 Å². The topological polar surface area (TPSA) is 49.8 Å². The Bertz CT molecular complexity index is 365. The molecule has 1 rings (SSSR count). The van der Waals surface area contributed by atoms with Gasteiger partial charge < -0.3 is 9.88 Å². The van der Waals surface area contributed by atoms with Crippen molar-refractivity contribution >= 4 is 17.9 Å². The molecule has 0 aliphatic rings. The second-order valence-corrected chi connectivity index (χ2v) is 2.55. The minimum absolute atomic E-state index is 0.185. The fraction of sp³-hybridized carbons (Fsp3) is 0.333. The number of H-pyrrole nitrogens is 1. The molecular weight excluding hydrogens is 162 g/mol. The Hall–Kier alpha value is -1.10. The summed E-state index contributed by atoms with van der Waals surface area (Å²) in [5.41, 5.74) is 0.330. The number of nitrogens with one attached hydrogen (secondary N) is 2. The first kappa shape index (κ1) is 8.00. The Morgan fingerprint density at radius 2 is 2.36 bits per heavy atom.